The Morgan fingerprint density at radius 2 is 1.83 bits per heavy atom. The standard InChI is InChI=1S/C29H26N2O4/c1-28(2)23-16-20(30-3)8-11-24(23)31(4)29(28)14-13-18-15-19(7-12-25(18)35-29)27(32)22-10-9-21(33-5)17-26(22)34-6/h7-17H,1-2,4-6H3. The van der Waals surface area contributed by atoms with Crippen molar-refractivity contribution in [1.82, 2.24) is 0 Å². The number of benzene rings is 3. The van der Waals surface area contributed by atoms with E-state index in [0.29, 0.717) is 34.1 Å². The molecular weight excluding hydrogens is 440 g/mol. The zero-order valence-corrected chi connectivity index (χ0v) is 20.4. The minimum absolute atomic E-state index is 0.140. The second kappa shape index (κ2) is 7.92. The Hall–Kier alpha value is -4.24. The summed E-state index contributed by atoms with van der Waals surface area (Å²) >= 11 is 0. The van der Waals surface area contributed by atoms with Crippen molar-refractivity contribution in [1.29, 1.82) is 0 Å². The summed E-state index contributed by atoms with van der Waals surface area (Å²) in [6.45, 7) is 11.7. The minimum atomic E-state index is -0.756. The number of rotatable bonds is 4. The van der Waals surface area contributed by atoms with Crippen LogP contribution in [-0.4, -0.2) is 32.8 Å². The molecular formula is C29H26N2O4. The third-order valence-electron chi connectivity index (χ3n) is 7.22. The normalized spacial score (nSPS) is 18.9. The number of likely N-dealkylation sites (N-methyl/N-ethyl adjacent to an activating group) is 1. The first-order valence-electron chi connectivity index (χ1n) is 11.3. The summed E-state index contributed by atoms with van der Waals surface area (Å²) in [4.78, 5) is 19.0. The molecule has 2 heterocycles. The fourth-order valence-corrected chi connectivity index (χ4v) is 5.15. The molecule has 1 atom stereocenters. The Morgan fingerprint density at radius 3 is 2.54 bits per heavy atom. The molecule has 0 saturated heterocycles. The van der Waals surface area contributed by atoms with Crippen LogP contribution in [0.2, 0.25) is 0 Å². The van der Waals surface area contributed by atoms with Crippen molar-refractivity contribution < 1.29 is 19.0 Å². The molecule has 1 unspecified atom stereocenters. The van der Waals surface area contributed by atoms with Crippen LogP contribution in [0.15, 0.2) is 60.7 Å². The molecule has 1 spiro atoms. The van der Waals surface area contributed by atoms with E-state index in [1.165, 1.54) is 7.11 Å². The Morgan fingerprint density at radius 1 is 1.03 bits per heavy atom. The van der Waals surface area contributed by atoms with Crippen LogP contribution in [0.25, 0.3) is 10.9 Å². The molecule has 0 amide bonds. The van der Waals surface area contributed by atoms with Crippen LogP contribution in [-0.2, 0) is 5.41 Å². The first-order chi connectivity index (χ1) is 16.8. The van der Waals surface area contributed by atoms with Gasteiger partial charge in [0.15, 0.2) is 11.5 Å². The smallest absolute Gasteiger partial charge is 0.211 e. The van der Waals surface area contributed by atoms with Gasteiger partial charge in [0.05, 0.1) is 31.8 Å². The fraction of sp³-hybridized carbons (Fsp3) is 0.241. The van der Waals surface area contributed by atoms with Gasteiger partial charge in [-0.25, -0.2) is 4.85 Å². The zero-order valence-electron chi connectivity index (χ0n) is 20.4. The average molecular weight is 467 g/mol. The lowest BCUT2D eigenvalue weighted by Gasteiger charge is -2.45. The second-order valence-corrected chi connectivity index (χ2v) is 9.28. The predicted molar refractivity (Wildman–Crippen MR) is 136 cm³/mol. The molecule has 0 aromatic heterocycles. The number of ketones is 1. The molecule has 2 aliphatic heterocycles. The Balaban J connectivity index is 1.51. The van der Waals surface area contributed by atoms with E-state index in [9.17, 15) is 4.79 Å². The molecule has 3 aromatic rings. The minimum Gasteiger partial charge on any atom is -0.497 e. The number of anilines is 1. The number of carbonyl (C=O) groups is 1. The van der Waals surface area contributed by atoms with E-state index in [1.807, 2.05) is 43.5 Å². The van der Waals surface area contributed by atoms with Crippen LogP contribution in [0, 0.1) is 6.57 Å². The van der Waals surface area contributed by atoms with E-state index in [0.717, 1.165) is 16.8 Å². The topological polar surface area (TPSA) is 52.4 Å². The van der Waals surface area contributed by atoms with Gasteiger partial charge < -0.3 is 19.1 Å². The SMILES string of the molecule is [C-]#[N+]c1ccc2c(c1)C(C)(C)C1(C=Cc3cc(C(=O)c4ccc(OC)cc4OC)ccc3O1)N2C. The number of hydrogen-bond acceptors (Lipinski definition) is 5. The average Bonchev–Trinajstić information content (AvgIpc) is 3.05. The Bertz CT molecular complexity index is 1430. The van der Waals surface area contributed by atoms with Gasteiger partial charge in [-0.1, -0.05) is 12.1 Å². The summed E-state index contributed by atoms with van der Waals surface area (Å²) in [5.74, 6) is 1.64. The highest BCUT2D eigenvalue weighted by atomic mass is 16.5. The van der Waals surface area contributed by atoms with Gasteiger partial charge in [0.2, 0.25) is 5.72 Å². The van der Waals surface area contributed by atoms with Crippen LogP contribution in [0.5, 0.6) is 17.2 Å². The van der Waals surface area contributed by atoms with Crippen LogP contribution in [0.4, 0.5) is 11.4 Å². The molecule has 0 saturated carbocycles. The van der Waals surface area contributed by atoms with Crippen molar-refractivity contribution in [2.75, 3.05) is 26.2 Å². The lowest BCUT2D eigenvalue weighted by atomic mass is 9.76. The van der Waals surface area contributed by atoms with Gasteiger partial charge >= 0.3 is 0 Å². The quantitative estimate of drug-likeness (QED) is 0.348. The molecule has 0 radical (unpaired) electrons. The molecule has 0 aliphatic carbocycles. The van der Waals surface area contributed by atoms with Crippen molar-refractivity contribution in [2.45, 2.75) is 25.0 Å². The lowest BCUT2D eigenvalue weighted by molar-refractivity contribution is 0.0582. The fourth-order valence-electron chi connectivity index (χ4n) is 5.15. The van der Waals surface area contributed by atoms with E-state index in [-0.39, 0.29) is 5.78 Å². The predicted octanol–water partition coefficient (Wildman–Crippen LogP) is 6.02. The van der Waals surface area contributed by atoms with E-state index < -0.39 is 11.1 Å². The number of hydrogen-bond donors (Lipinski definition) is 0. The van der Waals surface area contributed by atoms with E-state index >= 15 is 0 Å². The summed E-state index contributed by atoms with van der Waals surface area (Å²) in [5.41, 5.74) is 3.38. The maximum atomic E-state index is 13.3. The summed E-state index contributed by atoms with van der Waals surface area (Å²) in [6.07, 6.45) is 4.07. The molecule has 0 fully saturated rings. The first-order valence-corrected chi connectivity index (χ1v) is 11.3. The molecule has 6 heteroatoms. The van der Waals surface area contributed by atoms with E-state index in [2.05, 4.69) is 29.7 Å². The second-order valence-electron chi connectivity index (χ2n) is 9.28. The van der Waals surface area contributed by atoms with Crippen molar-refractivity contribution >= 4 is 23.2 Å². The Labute approximate surface area is 205 Å². The molecule has 2 aliphatic rings. The van der Waals surface area contributed by atoms with Gasteiger partial charge in [-0.3, -0.25) is 4.79 Å². The summed E-state index contributed by atoms with van der Waals surface area (Å²) < 4.78 is 17.4. The molecule has 5 rings (SSSR count). The van der Waals surface area contributed by atoms with E-state index in [4.69, 9.17) is 20.8 Å². The van der Waals surface area contributed by atoms with Gasteiger partial charge in [-0.05, 0) is 68.0 Å². The summed E-state index contributed by atoms with van der Waals surface area (Å²) in [7, 11) is 5.12. The highest BCUT2D eigenvalue weighted by molar-refractivity contribution is 6.11. The van der Waals surface area contributed by atoms with Crippen LogP contribution < -0.4 is 19.1 Å². The third kappa shape index (κ3) is 3.19. The molecule has 6 nitrogen and oxygen atoms in total. The van der Waals surface area contributed by atoms with Crippen molar-refractivity contribution in [3.05, 3.63) is 94.3 Å². The summed E-state index contributed by atoms with van der Waals surface area (Å²) in [6, 6.07) is 16.4. The third-order valence-corrected chi connectivity index (χ3v) is 7.22. The maximum Gasteiger partial charge on any atom is 0.211 e. The van der Waals surface area contributed by atoms with Crippen LogP contribution in [0.1, 0.15) is 40.9 Å². The summed E-state index contributed by atoms with van der Waals surface area (Å²) in [5, 5.41) is 0. The van der Waals surface area contributed by atoms with Gasteiger partial charge in [0, 0.05) is 29.9 Å². The number of fused-ring (bicyclic) bond motifs is 2. The van der Waals surface area contributed by atoms with Crippen LogP contribution in [0.3, 0.4) is 0 Å². The van der Waals surface area contributed by atoms with Crippen LogP contribution >= 0.6 is 0 Å². The van der Waals surface area contributed by atoms with Crippen molar-refractivity contribution in [2.24, 2.45) is 0 Å². The van der Waals surface area contributed by atoms with Gasteiger partial charge in [-0.15, -0.1) is 0 Å². The number of ether oxygens (including phenoxy) is 3. The molecule has 176 valence electrons. The molecule has 0 bridgehead atoms. The van der Waals surface area contributed by atoms with Gasteiger partial charge in [-0.2, -0.15) is 0 Å². The molecule has 0 N–H and O–H groups in total. The lowest BCUT2D eigenvalue weighted by Crippen LogP contribution is -2.58. The highest BCUT2D eigenvalue weighted by Gasteiger charge is 2.57. The molecule has 3 aromatic carbocycles. The zero-order chi connectivity index (χ0) is 25.0. The molecule has 35 heavy (non-hydrogen) atoms. The number of nitrogens with zero attached hydrogens (tertiary/aromatic N) is 2. The maximum absolute atomic E-state index is 13.3. The monoisotopic (exact) mass is 466 g/mol. The number of methoxy groups -OCH3 is 2. The number of carbonyl (C=O) groups excluding carboxylic acids is 1. The van der Waals surface area contributed by atoms with Crippen molar-refractivity contribution in [3.8, 4) is 17.2 Å². The van der Waals surface area contributed by atoms with Gasteiger partial charge in [0.25, 0.3) is 0 Å². The van der Waals surface area contributed by atoms with E-state index in [1.54, 1.807) is 31.4 Å². The van der Waals surface area contributed by atoms with Gasteiger partial charge in [0.1, 0.15) is 17.2 Å². The Kier molecular flexibility index (Phi) is 5.10. The first kappa shape index (κ1) is 22.5. The van der Waals surface area contributed by atoms with Crippen molar-refractivity contribution in [3.63, 3.8) is 0 Å². The highest BCUT2D eigenvalue weighted by Crippen LogP contribution is 2.55. The largest absolute Gasteiger partial charge is 0.497 e.